The number of carbonyl (C=O) groups is 2. The van der Waals surface area contributed by atoms with E-state index in [2.05, 4.69) is 20.7 Å². The standard InChI is InChI=1S/C18H27N3O3S/c1-3-14-9-6-7-10-15(14)21-16(22)13-20-18(25)19-12-8-4-5-11-17(23)24-2/h6-7,9-10H,3-5,8,11-13H2,1-2H3,(H,21,22)(H2,19,20,25). The number of rotatable bonds is 10. The first-order valence-corrected chi connectivity index (χ1v) is 8.94. The number of amides is 1. The van der Waals surface area contributed by atoms with Crippen LogP contribution in [0.4, 0.5) is 5.69 Å². The summed E-state index contributed by atoms with van der Waals surface area (Å²) in [6.45, 7) is 2.87. The Hall–Kier alpha value is -2.15. The summed E-state index contributed by atoms with van der Waals surface area (Å²) >= 11 is 5.15. The van der Waals surface area contributed by atoms with E-state index in [4.69, 9.17) is 12.2 Å². The van der Waals surface area contributed by atoms with Gasteiger partial charge in [-0.1, -0.05) is 31.5 Å². The van der Waals surface area contributed by atoms with Crippen LogP contribution in [0.5, 0.6) is 0 Å². The van der Waals surface area contributed by atoms with E-state index >= 15 is 0 Å². The number of carbonyl (C=O) groups excluding carboxylic acids is 2. The van der Waals surface area contributed by atoms with Gasteiger partial charge in [-0.25, -0.2) is 0 Å². The maximum absolute atomic E-state index is 12.0. The Labute approximate surface area is 154 Å². The molecule has 0 spiro atoms. The van der Waals surface area contributed by atoms with E-state index < -0.39 is 0 Å². The molecular formula is C18H27N3O3S. The van der Waals surface area contributed by atoms with Crippen molar-refractivity contribution in [3.8, 4) is 0 Å². The maximum Gasteiger partial charge on any atom is 0.305 e. The minimum atomic E-state index is -0.180. The number of nitrogens with one attached hydrogen (secondary N) is 3. The number of methoxy groups -OCH3 is 1. The molecule has 3 N–H and O–H groups in total. The van der Waals surface area contributed by atoms with Crippen molar-refractivity contribution in [3.05, 3.63) is 29.8 Å². The second-order valence-corrected chi connectivity index (χ2v) is 5.96. The molecule has 0 aliphatic heterocycles. The van der Waals surface area contributed by atoms with Gasteiger partial charge in [0, 0.05) is 18.7 Å². The molecule has 7 heteroatoms. The van der Waals surface area contributed by atoms with Gasteiger partial charge in [-0.05, 0) is 43.1 Å². The molecule has 1 aromatic rings. The number of ether oxygens (including phenoxy) is 1. The highest BCUT2D eigenvalue weighted by Gasteiger charge is 2.06. The summed E-state index contributed by atoms with van der Waals surface area (Å²) in [4.78, 5) is 23.0. The third-order valence-corrected chi connectivity index (χ3v) is 3.94. The van der Waals surface area contributed by atoms with Crippen LogP contribution in [0, 0.1) is 0 Å². The van der Waals surface area contributed by atoms with Crippen molar-refractivity contribution in [1.82, 2.24) is 10.6 Å². The van der Waals surface area contributed by atoms with Gasteiger partial charge in [-0.15, -0.1) is 0 Å². The minimum absolute atomic E-state index is 0.117. The Bertz CT molecular complexity index is 578. The molecule has 25 heavy (non-hydrogen) atoms. The monoisotopic (exact) mass is 365 g/mol. The molecule has 0 aromatic heterocycles. The molecule has 0 heterocycles. The summed E-state index contributed by atoms with van der Waals surface area (Å²) in [6.07, 6.45) is 3.92. The molecular weight excluding hydrogens is 338 g/mol. The lowest BCUT2D eigenvalue weighted by Crippen LogP contribution is -2.40. The van der Waals surface area contributed by atoms with Gasteiger partial charge >= 0.3 is 5.97 Å². The average molecular weight is 365 g/mol. The molecule has 138 valence electrons. The largest absolute Gasteiger partial charge is 0.469 e. The topological polar surface area (TPSA) is 79.5 Å². The molecule has 0 saturated heterocycles. The van der Waals surface area contributed by atoms with Crippen molar-refractivity contribution >= 4 is 34.9 Å². The molecule has 0 atom stereocenters. The SMILES string of the molecule is CCc1ccccc1NC(=O)CNC(=S)NCCCCCC(=O)OC. The van der Waals surface area contributed by atoms with Crippen molar-refractivity contribution in [1.29, 1.82) is 0 Å². The predicted molar refractivity (Wildman–Crippen MR) is 104 cm³/mol. The number of unbranched alkanes of at least 4 members (excludes halogenated alkanes) is 2. The van der Waals surface area contributed by atoms with E-state index in [9.17, 15) is 9.59 Å². The summed E-state index contributed by atoms with van der Waals surface area (Å²) < 4.78 is 4.58. The lowest BCUT2D eigenvalue weighted by Gasteiger charge is -2.12. The molecule has 0 radical (unpaired) electrons. The van der Waals surface area contributed by atoms with Crippen LogP contribution in [0.15, 0.2) is 24.3 Å². The van der Waals surface area contributed by atoms with Crippen LogP contribution >= 0.6 is 12.2 Å². The highest BCUT2D eigenvalue weighted by molar-refractivity contribution is 7.80. The number of aryl methyl sites for hydroxylation is 1. The fourth-order valence-corrected chi connectivity index (χ4v) is 2.42. The minimum Gasteiger partial charge on any atom is -0.469 e. The molecule has 0 unspecified atom stereocenters. The molecule has 0 saturated carbocycles. The van der Waals surface area contributed by atoms with Crippen LogP contribution in [0.2, 0.25) is 0 Å². The van der Waals surface area contributed by atoms with Gasteiger partial charge in [0.15, 0.2) is 5.11 Å². The number of para-hydroxylation sites is 1. The third-order valence-electron chi connectivity index (χ3n) is 3.65. The molecule has 0 fully saturated rings. The van der Waals surface area contributed by atoms with E-state index in [1.807, 2.05) is 31.2 Å². The number of anilines is 1. The fourth-order valence-electron chi connectivity index (χ4n) is 2.24. The van der Waals surface area contributed by atoms with Gasteiger partial charge in [0.05, 0.1) is 13.7 Å². The van der Waals surface area contributed by atoms with Crippen LogP contribution in [-0.4, -0.2) is 37.2 Å². The zero-order valence-electron chi connectivity index (χ0n) is 14.9. The number of hydrogen-bond acceptors (Lipinski definition) is 4. The van der Waals surface area contributed by atoms with Crippen molar-refractivity contribution in [3.63, 3.8) is 0 Å². The van der Waals surface area contributed by atoms with Gasteiger partial charge in [0.1, 0.15) is 0 Å². The molecule has 1 rings (SSSR count). The normalized spacial score (nSPS) is 10.0. The van der Waals surface area contributed by atoms with E-state index in [0.717, 1.165) is 36.9 Å². The second-order valence-electron chi connectivity index (χ2n) is 5.56. The molecule has 6 nitrogen and oxygen atoms in total. The van der Waals surface area contributed by atoms with Crippen LogP contribution in [0.3, 0.4) is 0 Å². The summed E-state index contributed by atoms with van der Waals surface area (Å²) in [7, 11) is 1.39. The van der Waals surface area contributed by atoms with Crippen molar-refractivity contribution in [2.75, 3.05) is 25.5 Å². The predicted octanol–water partition coefficient (Wildman–Crippen LogP) is 2.39. The van der Waals surface area contributed by atoms with E-state index in [1.165, 1.54) is 7.11 Å². The number of hydrogen-bond donors (Lipinski definition) is 3. The summed E-state index contributed by atoms with van der Waals surface area (Å²) in [5.41, 5.74) is 1.93. The zero-order valence-corrected chi connectivity index (χ0v) is 15.7. The van der Waals surface area contributed by atoms with Crippen LogP contribution in [0.1, 0.15) is 38.2 Å². The van der Waals surface area contributed by atoms with Crippen molar-refractivity contribution < 1.29 is 14.3 Å². The highest BCUT2D eigenvalue weighted by atomic mass is 32.1. The smallest absolute Gasteiger partial charge is 0.305 e. The van der Waals surface area contributed by atoms with Crippen molar-refractivity contribution in [2.45, 2.75) is 39.0 Å². The number of esters is 1. The number of benzene rings is 1. The van der Waals surface area contributed by atoms with Gasteiger partial charge in [0.2, 0.25) is 5.91 Å². The lowest BCUT2D eigenvalue weighted by atomic mass is 10.1. The molecule has 0 bridgehead atoms. The Kier molecular flexibility index (Phi) is 10.2. The quantitative estimate of drug-likeness (QED) is 0.336. The molecule has 1 aromatic carbocycles. The first kappa shape index (κ1) is 20.9. The maximum atomic E-state index is 12.0. The summed E-state index contributed by atoms with van der Waals surface area (Å²) in [5, 5.41) is 9.28. The summed E-state index contributed by atoms with van der Waals surface area (Å²) in [6, 6.07) is 7.74. The van der Waals surface area contributed by atoms with Gasteiger partial charge < -0.3 is 20.7 Å². The van der Waals surface area contributed by atoms with Gasteiger partial charge in [-0.3, -0.25) is 9.59 Å². The van der Waals surface area contributed by atoms with Crippen LogP contribution < -0.4 is 16.0 Å². The first-order chi connectivity index (χ1) is 12.1. The Morgan fingerprint density at radius 3 is 2.60 bits per heavy atom. The van der Waals surface area contributed by atoms with E-state index in [1.54, 1.807) is 0 Å². The molecule has 0 aliphatic rings. The third kappa shape index (κ3) is 9.05. The first-order valence-electron chi connectivity index (χ1n) is 8.53. The van der Waals surface area contributed by atoms with Crippen LogP contribution in [-0.2, 0) is 20.7 Å². The van der Waals surface area contributed by atoms with Crippen molar-refractivity contribution in [2.24, 2.45) is 0 Å². The Morgan fingerprint density at radius 2 is 1.88 bits per heavy atom. The second kappa shape index (κ2) is 12.2. The molecule has 0 aliphatic carbocycles. The zero-order chi connectivity index (χ0) is 18.5. The Balaban J connectivity index is 2.15. The van der Waals surface area contributed by atoms with E-state index in [0.29, 0.717) is 18.1 Å². The number of thiocarbonyl (C=S) groups is 1. The van der Waals surface area contributed by atoms with Gasteiger partial charge in [-0.2, -0.15) is 0 Å². The average Bonchev–Trinajstić information content (AvgIpc) is 2.63. The van der Waals surface area contributed by atoms with Gasteiger partial charge in [0.25, 0.3) is 0 Å². The molecule has 1 amide bonds. The lowest BCUT2D eigenvalue weighted by molar-refractivity contribution is -0.140. The van der Waals surface area contributed by atoms with Crippen LogP contribution in [0.25, 0.3) is 0 Å². The summed E-state index contributed by atoms with van der Waals surface area (Å²) in [5.74, 6) is -0.316. The fraction of sp³-hybridized carbons (Fsp3) is 0.500. The Morgan fingerprint density at radius 1 is 1.12 bits per heavy atom. The van der Waals surface area contributed by atoms with E-state index in [-0.39, 0.29) is 18.4 Å². The highest BCUT2D eigenvalue weighted by Crippen LogP contribution is 2.14.